The monoisotopic (exact) mass is 270 g/mol. The van der Waals surface area contributed by atoms with Gasteiger partial charge in [0.05, 0.1) is 5.56 Å². The van der Waals surface area contributed by atoms with Crippen molar-refractivity contribution >= 4 is 11.8 Å². The van der Waals surface area contributed by atoms with E-state index in [-0.39, 0.29) is 0 Å². The van der Waals surface area contributed by atoms with Gasteiger partial charge in [0.25, 0.3) is 0 Å². The van der Waals surface area contributed by atoms with Gasteiger partial charge in [0.2, 0.25) is 0 Å². The average Bonchev–Trinajstić information content (AvgIpc) is 2.47. The molecule has 4 nitrogen and oxygen atoms in total. The third-order valence-corrected chi connectivity index (χ3v) is 3.54. The number of nitriles is 1. The molecular weight excluding hydrogens is 256 g/mol. The molecule has 0 unspecified atom stereocenters. The topological polar surface area (TPSA) is 61.6 Å². The molecule has 19 heavy (non-hydrogen) atoms. The van der Waals surface area contributed by atoms with Crippen LogP contribution in [0.4, 0.5) is 0 Å². The molecule has 5 heteroatoms. The standard InChI is InChI=1S/C14H14N4S/c1-2-16-9-11-3-4-13(12(7-11)8-15)19-14-5-6-17-10-18-14/h3-7,10,16H,2,9H2,1H3. The Kier molecular flexibility index (Phi) is 4.90. The summed E-state index contributed by atoms with van der Waals surface area (Å²) >= 11 is 1.48. The van der Waals surface area contributed by atoms with Crippen LogP contribution in [0, 0.1) is 11.3 Å². The van der Waals surface area contributed by atoms with Gasteiger partial charge in [0.15, 0.2) is 0 Å². The minimum atomic E-state index is 0.680. The van der Waals surface area contributed by atoms with Crippen molar-refractivity contribution in [3.63, 3.8) is 0 Å². The molecular formula is C14H14N4S. The molecule has 1 aromatic heterocycles. The number of rotatable bonds is 5. The van der Waals surface area contributed by atoms with Crippen LogP contribution in [0.1, 0.15) is 18.1 Å². The van der Waals surface area contributed by atoms with Crippen LogP contribution < -0.4 is 5.32 Å². The second-order valence-corrected chi connectivity index (χ2v) is 4.93. The molecule has 0 aliphatic heterocycles. The number of hydrogen-bond acceptors (Lipinski definition) is 5. The fraction of sp³-hybridized carbons (Fsp3) is 0.214. The predicted molar refractivity (Wildman–Crippen MR) is 74.7 cm³/mol. The minimum Gasteiger partial charge on any atom is -0.313 e. The molecule has 0 radical (unpaired) electrons. The first kappa shape index (κ1) is 13.5. The van der Waals surface area contributed by atoms with Gasteiger partial charge >= 0.3 is 0 Å². The number of nitrogens with one attached hydrogen (secondary N) is 1. The van der Waals surface area contributed by atoms with E-state index < -0.39 is 0 Å². The smallest absolute Gasteiger partial charge is 0.116 e. The normalized spacial score (nSPS) is 10.1. The summed E-state index contributed by atoms with van der Waals surface area (Å²) in [7, 11) is 0. The minimum absolute atomic E-state index is 0.680. The highest BCUT2D eigenvalue weighted by Crippen LogP contribution is 2.28. The zero-order valence-electron chi connectivity index (χ0n) is 10.6. The van der Waals surface area contributed by atoms with E-state index in [0.717, 1.165) is 28.6 Å². The maximum Gasteiger partial charge on any atom is 0.116 e. The van der Waals surface area contributed by atoms with Gasteiger partial charge < -0.3 is 5.32 Å². The summed E-state index contributed by atoms with van der Waals surface area (Å²) in [6.07, 6.45) is 3.20. The highest BCUT2D eigenvalue weighted by Gasteiger charge is 2.06. The molecule has 0 amide bonds. The fourth-order valence-electron chi connectivity index (χ4n) is 1.58. The van der Waals surface area contributed by atoms with E-state index in [0.29, 0.717) is 5.56 Å². The number of nitrogens with zero attached hydrogens (tertiary/aromatic N) is 3. The Morgan fingerprint density at radius 3 is 2.95 bits per heavy atom. The first-order chi connectivity index (χ1) is 9.33. The van der Waals surface area contributed by atoms with Gasteiger partial charge in [0, 0.05) is 17.6 Å². The molecule has 0 saturated carbocycles. The Labute approximate surface area is 116 Å². The summed E-state index contributed by atoms with van der Waals surface area (Å²) in [5, 5.41) is 13.3. The van der Waals surface area contributed by atoms with Crippen LogP contribution in [0.15, 0.2) is 46.7 Å². The van der Waals surface area contributed by atoms with Gasteiger partial charge in [-0.1, -0.05) is 24.8 Å². The average molecular weight is 270 g/mol. The van der Waals surface area contributed by atoms with Crippen molar-refractivity contribution in [1.82, 2.24) is 15.3 Å². The molecule has 0 bridgehead atoms. The first-order valence-electron chi connectivity index (χ1n) is 6.01. The zero-order chi connectivity index (χ0) is 13.5. The lowest BCUT2D eigenvalue weighted by atomic mass is 10.1. The number of hydrogen-bond donors (Lipinski definition) is 1. The summed E-state index contributed by atoms with van der Waals surface area (Å²) in [5.41, 5.74) is 1.80. The number of aromatic nitrogens is 2. The van der Waals surface area contributed by atoms with Gasteiger partial charge in [-0.15, -0.1) is 0 Å². The molecule has 0 saturated heterocycles. The van der Waals surface area contributed by atoms with E-state index in [9.17, 15) is 5.26 Å². The lowest BCUT2D eigenvalue weighted by molar-refractivity contribution is 0.726. The maximum absolute atomic E-state index is 9.23. The summed E-state index contributed by atoms with van der Waals surface area (Å²) in [6.45, 7) is 3.76. The van der Waals surface area contributed by atoms with Crippen LogP contribution in [-0.2, 0) is 6.54 Å². The molecule has 2 rings (SSSR count). The zero-order valence-corrected chi connectivity index (χ0v) is 11.4. The van der Waals surface area contributed by atoms with Crippen molar-refractivity contribution in [3.05, 3.63) is 47.9 Å². The van der Waals surface area contributed by atoms with E-state index in [1.54, 1.807) is 6.20 Å². The lowest BCUT2D eigenvalue weighted by Gasteiger charge is -2.06. The second kappa shape index (κ2) is 6.88. The van der Waals surface area contributed by atoms with Crippen LogP contribution in [-0.4, -0.2) is 16.5 Å². The molecule has 0 fully saturated rings. The van der Waals surface area contributed by atoms with Gasteiger partial charge in [-0.3, -0.25) is 0 Å². The molecule has 0 spiro atoms. The predicted octanol–water partition coefficient (Wildman–Crippen LogP) is 2.61. The summed E-state index contributed by atoms with van der Waals surface area (Å²) in [4.78, 5) is 8.95. The third-order valence-electron chi connectivity index (χ3n) is 2.51. The molecule has 0 aliphatic carbocycles. The Morgan fingerprint density at radius 1 is 1.37 bits per heavy atom. The SMILES string of the molecule is CCNCc1ccc(Sc2ccncn2)c(C#N)c1. The highest BCUT2D eigenvalue weighted by molar-refractivity contribution is 7.99. The van der Waals surface area contributed by atoms with E-state index in [2.05, 4.69) is 28.3 Å². The Balaban J connectivity index is 2.19. The van der Waals surface area contributed by atoms with Crippen molar-refractivity contribution in [3.8, 4) is 6.07 Å². The summed E-state index contributed by atoms with van der Waals surface area (Å²) < 4.78 is 0. The lowest BCUT2D eigenvalue weighted by Crippen LogP contribution is -2.11. The second-order valence-electron chi connectivity index (χ2n) is 3.87. The number of benzene rings is 1. The third kappa shape index (κ3) is 3.78. The fourth-order valence-corrected chi connectivity index (χ4v) is 2.39. The molecule has 1 aromatic carbocycles. The van der Waals surface area contributed by atoms with Crippen molar-refractivity contribution in [2.24, 2.45) is 0 Å². The Bertz CT molecular complexity index is 578. The van der Waals surface area contributed by atoms with E-state index in [1.807, 2.05) is 24.3 Å². The molecule has 1 N–H and O–H groups in total. The summed E-state index contributed by atoms with van der Waals surface area (Å²) in [5.74, 6) is 0. The summed E-state index contributed by atoms with van der Waals surface area (Å²) in [6, 6.07) is 10.0. The van der Waals surface area contributed by atoms with Gasteiger partial charge in [-0.2, -0.15) is 5.26 Å². The molecule has 96 valence electrons. The van der Waals surface area contributed by atoms with E-state index in [1.165, 1.54) is 18.1 Å². The maximum atomic E-state index is 9.23. The van der Waals surface area contributed by atoms with Crippen LogP contribution in [0.5, 0.6) is 0 Å². The van der Waals surface area contributed by atoms with Gasteiger partial charge in [-0.05, 0) is 30.3 Å². The Morgan fingerprint density at radius 2 is 2.26 bits per heavy atom. The largest absolute Gasteiger partial charge is 0.313 e. The van der Waals surface area contributed by atoms with Crippen LogP contribution >= 0.6 is 11.8 Å². The molecule has 2 aromatic rings. The first-order valence-corrected chi connectivity index (χ1v) is 6.82. The van der Waals surface area contributed by atoms with Crippen LogP contribution in [0.3, 0.4) is 0 Å². The van der Waals surface area contributed by atoms with Gasteiger partial charge in [0.1, 0.15) is 17.4 Å². The molecule has 1 heterocycles. The van der Waals surface area contributed by atoms with Crippen molar-refractivity contribution < 1.29 is 0 Å². The van der Waals surface area contributed by atoms with Gasteiger partial charge in [-0.25, -0.2) is 9.97 Å². The quantitative estimate of drug-likeness (QED) is 0.846. The van der Waals surface area contributed by atoms with E-state index >= 15 is 0 Å². The van der Waals surface area contributed by atoms with Crippen molar-refractivity contribution in [1.29, 1.82) is 5.26 Å². The van der Waals surface area contributed by atoms with Crippen molar-refractivity contribution in [2.45, 2.75) is 23.4 Å². The molecule has 0 atom stereocenters. The highest BCUT2D eigenvalue weighted by atomic mass is 32.2. The van der Waals surface area contributed by atoms with Crippen LogP contribution in [0.2, 0.25) is 0 Å². The Hall–Kier alpha value is -1.90. The molecule has 0 aliphatic rings. The van der Waals surface area contributed by atoms with Crippen LogP contribution in [0.25, 0.3) is 0 Å². The van der Waals surface area contributed by atoms with Crippen molar-refractivity contribution in [2.75, 3.05) is 6.54 Å². The van der Waals surface area contributed by atoms with E-state index in [4.69, 9.17) is 0 Å².